The van der Waals surface area contributed by atoms with E-state index in [1.54, 1.807) is 31.4 Å². The second-order valence-corrected chi connectivity index (χ2v) is 7.03. The van der Waals surface area contributed by atoms with E-state index in [0.717, 1.165) is 11.3 Å². The zero-order valence-corrected chi connectivity index (χ0v) is 17.8. The van der Waals surface area contributed by atoms with Crippen LogP contribution >= 0.6 is 11.6 Å². The molecule has 0 spiro atoms. The quantitative estimate of drug-likeness (QED) is 0.492. The predicted octanol–water partition coefficient (Wildman–Crippen LogP) is 3.13. The molecule has 0 aliphatic carbocycles. The zero-order chi connectivity index (χ0) is 22.2. The van der Waals surface area contributed by atoms with Crippen molar-refractivity contribution in [2.75, 3.05) is 19.5 Å². The number of hydrogen-bond donors (Lipinski definition) is 3. The molecule has 3 N–H and O–H groups in total. The Morgan fingerprint density at radius 2 is 1.81 bits per heavy atom. The minimum absolute atomic E-state index is 0.0459. The van der Waals surface area contributed by atoms with Crippen molar-refractivity contribution in [3.05, 3.63) is 70.9 Å². The van der Waals surface area contributed by atoms with Crippen LogP contribution in [0.15, 0.2) is 52.9 Å². The number of amides is 3. The van der Waals surface area contributed by atoms with Crippen molar-refractivity contribution in [2.45, 2.75) is 18.9 Å². The Bertz CT molecular complexity index is 1020. The summed E-state index contributed by atoms with van der Waals surface area (Å²) in [5.41, 5.74) is 1.50. The van der Waals surface area contributed by atoms with Gasteiger partial charge in [0.05, 0.1) is 7.11 Å². The summed E-state index contributed by atoms with van der Waals surface area (Å²) in [5, 5.41) is 16.6. The number of anilines is 1. The Morgan fingerprint density at radius 3 is 2.45 bits per heavy atom. The van der Waals surface area contributed by atoms with E-state index < -0.39 is 12.1 Å². The van der Waals surface area contributed by atoms with Gasteiger partial charge >= 0.3 is 6.03 Å². The number of urea groups is 1. The summed E-state index contributed by atoms with van der Waals surface area (Å²) < 4.78 is 10.8. The zero-order valence-electron chi connectivity index (χ0n) is 17.0. The summed E-state index contributed by atoms with van der Waals surface area (Å²) >= 11 is 5.88. The molecule has 2 aromatic carbocycles. The standard InChI is InChI=1S/C21H22ClN5O4/c1-23-18(28)12-19-26-27-20(31-19)17(11-13-3-9-16(30-2)10-4-13)25-21(29)24-15-7-5-14(22)6-8-15/h3-10,17H,11-12H2,1-2H3,(H,23,28)(H2,24,25,29)/t17-/m0/s1. The maximum Gasteiger partial charge on any atom is 0.319 e. The largest absolute Gasteiger partial charge is 0.497 e. The van der Waals surface area contributed by atoms with Crippen LogP contribution in [0, 0.1) is 0 Å². The molecular formula is C21H22ClN5O4. The van der Waals surface area contributed by atoms with E-state index in [2.05, 4.69) is 26.1 Å². The second kappa shape index (κ2) is 10.4. The van der Waals surface area contributed by atoms with E-state index in [0.29, 0.717) is 17.1 Å². The Kier molecular flexibility index (Phi) is 7.45. The first kappa shape index (κ1) is 22.1. The van der Waals surface area contributed by atoms with Gasteiger partial charge in [-0.05, 0) is 42.0 Å². The normalized spacial score (nSPS) is 11.5. The van der Waals surface area contributed by atoms with Crippen molar-refractivity contribution < 1.29 is 18.7 Å². The first-order valence-electron chi connectivity index (χ1n) is 9.45. The van der Waals surface area contributed by atoms with Gasteiger partial charge in [-0.25, -0.2) is 4.79 Å². The molecule has 0 aliphatic rings. The molecule has 3 aromatic rings. The van der Waals surface area contributed by atoms with Crippen LogP contribution in [-0.4, -0.2) is 36.3 Å². The smallest absolute Gasteiger partial charge is 0.319 e. The number of methoxy groups -OCH3 is 1. The number of likely N-dealkylation sites (N-methyl/N-ethyl adjacent to an activating group) is 1. The number of ether oxygens (including phenoxy) is 1. The Hall–Kier alpha value is -3.59. The number of aromatic nitrogens is 2. The number of benzene rings is 2. The molecule has 1 atom stereocenters. The second-order valence-electron chi connectivity index (χ2n) is 6.59. The molecule has 3 rings (SSSR count). The molecule has 0 saturated heterocycles. The average molecular weight is 444 g/mol. The van der Waals surface area contributed by atoms with Crippen LogP contribution in [0.5, 0.6) is 5.75 Å². The fourth-order valence-electron chi connectivity index (χ4n) is 2.76. The third kappa shape index (κ3) is 6.45. The van der Waals surface area contributed by atoms with Gasteiger partial charge < -0.3 is 25.1 Å². The van der Waals surface area contributed by atoms with Crippen LogP contribution < -0.4 is 20.7 Å². The monoisotopic (exact) mass is 443 g/mol. The number of hydrogen-bond acceptors (Lipinski definition) is 6. The van der Waals surface area contributed by atoms with Gasteiger partial charge in [-0.3, -0.25) is 4.79 Å². The molecule has 0 fully saturated rings. The third-order valence-electron chi connectivity index (χ3n) is 4.38. The van der Waals surface area contributed by atoms with Crippen molar-refractivity contribution >= 4 is 29.2 Å². The lowest BCUT2D eigenvalue weighted by Crippen LogP contribution is -2.34. The van der Waals surface area contributed by atoms with Crippen molar-refractivity contribution in [3.63, 3.8) is 0 Å². The van der Waals surface area contributed by atoms with Crippen LogP contribution in [0.25, 0.3) is 0 Å². The number of halogens is 1. The minimum atomic E-state index is -0.619. The fraction of sp³-hybridized carbons (Fsp3) is 0.238. The van der Waals surface area contributed by atoms with Gasteiger partial charge in [0.1, 0.15) is 18.2 Å². The van der Waals surface area contributed by atoms with E-state index in [-0.39, 0.29) is 24.1 Å². The minimum Gasteiger partial charge on any atom is -0.497 e. The SMILES string of the molecule is CNC(=O)Cc1nnc([C@H](Cc2ccc(OC)cc2)NC(=O)Nc2ccc(Cl)cc2)o1. The van der Waals surface area contributed by atoms with Gasteiger partial charge in [0.25, 0.3) is 0 Å². The Labute approximate surface area is 184 Å². The lowest BCUT2D eigenvalue weighted by molar-refractivity contribution is -0.120. The van der Waals surface area contributed by atoms with E-state index in [4.69, 9.17) is 20.8 Å². The van der Waals surface area contributed by atoms with Crippen LogP contribution in [0.2, 0.25) is 5.02 Å². The highest BCUT2D eigenvalue weighted by Gasteiger charge is 2.22. The summed E-state index contributed by atoms with van der Waals surface area (Å²) in [6, 6.07) is 13.1. The topological polar surface area (TPSA) is 118 Å². The molecule has 0 radical (unpaired) electrons. The first-order valence-corrected chi connectivity index (χ1v) is 9.83. The molecule has 0 aliphatic heterocycles. The molecule has 162 valence electrons. The molecule has 0 bridgehead atoms. The van der Waals surface area contributed by atoms with Crippen molar-refractivity contribution in [1.82, 2.24) is 20.8 Å². The van der Waals surface area contributed by atoms with Crippen molar-refractivity contribution in [3.8, 4) is 5.75 Å². The molecule has 0 saturated carbocycles. The maximum atomic E-state index is 12.6. The van der Waals surface area contributed by atoms with Gasteiger partial charge in [0, 0.05) is 24.2 Å². The lowest BCUT2D eigenvalue weighted by Gasteiger charge is -2.16. The van der Waals surface area contributed by atoms with Gasteiger partial charge in [-0.15, -0.1) is 10.2 Å². The highest BCUT2D eigenvalue weighted by molar-refractivity contribution is 6.30. The molecule has 10 heteroatoms. The number of nitrogens with one attached hydrogen (secondary N) is 3. The van der Waals surface area contributed by atoms with E-state index in [1.807, 2.05) is 24.3 Å². The first-order chi connectivity index (χ1) is 15.0. The summed E-state index contributed by atoms with van der Waals surface area (Å²) in [6.07, 6.45) is 0.343. The predicted molar refractivity (Wildman–Crippen MR) is 115 cm³/mol. The fourth-order valence-corrected chi connectivity index (χ4v) is 2.89. The molecule has 9 nitrogen and oxygen atoms in total. The molecule has 1 heterocycles. The van der Waals surface area contributed by atoms with Gasteiger partial charge in [0.2, 0.25) is 17.7 Å². The van der Waals surface area contributed by atoms with Crippen LogP contribution in [0.4, 0.5) is 10.5 Å². The number of rotatable bonds is 8. The van der Waals surface area contributed by atoms with Crippen LogP contribution in [0.3, 0.4) is 0 Å². The Morgan fingerprint density at radius 1 is 1.10 bits per heavy atom. The summed E-state index contributed by atoms with van der Waals surface area (Å²) in [5.74, 6) is 0.824. The molecule has 0 unspecified atom stereocenters. The highest BCUT2D eigenvalue weighted by Crippen LogP contribution is 2.21. The average Bonchev–Trinajstić information content (AvgIpc) is 3.23. The number of carbonyl (C=O) groups excluding carboxylic acids is 2. The van der Waals surface area contributed by atoms with Gasteiger partial charge in [-0.1, -0.05) is 23.7 Å². The summed E-state index contributed by atoms with van der Waals surface area (Å²) in [6.45, 7) is 0. The van der Waals surface area contributed by atoms with E-state index in [9.17, 15) is 9.59 Å². The summed E-state index contributed by atoms with van der Waals surface area (Å²) in [7, 11) is 3.11. The van der Waals surface area contributed by atoms with Crippen molar-refractivity contribution in [2.24, 2.45) is 0 Å². The molecule has 3 amide bonds. The molecular weight excluding hydrogens is 422 g/mol. The highest BCUT2D eigenvalue weighted by atomic mass is 35.5. The number of nitrogens with zero attached hydrogens (tertiary/aromatic N) is 2. The summed E-state index contributed by atoms with van der Waals surface area (Å²) in [4.78, 5) is 24.2. The molecule has 31 heavy (non-hydrogen) atoms. The Balaban J connectivity index is 1.76. The third-order valence-corrected chi connectivity index (χ3v) is 4.63. The van der Waals surface area contributed by atoms with Gasteiger partial charge in [-0.2, -0.15) is 0 Å². The molecule has 1 aromatic heterocycles. The van der Waals surface area contributed by atoms with Crippen LogP contribution in [0.1, 0.15) is 23.4 Å². The van der Waals surface area contributed by atoms with Crippen molar-refractivity contribution in [1.29, 1.82) is 0 Å². The van der Waals surface area contributed by atoms with Crippen LogP contribution in [-0.2, 0) is 17.6 Å². The lowest BCUT2D eigenvalue weighted by atomic mass is 10.1. The van der Waals surface area contributed by atoms with Gasteiger partial charge in [0.15, 0.2) is 0 Å². The maximum absolute atomic E-state index is 12.6. The van der Waals surface area contributed by atoms with E-state index >= 15 is 0 Å². The van der Waals surface area contributed by atoms with E-state index in [1.165, 1.54) is 7.05 Å². The number of carbonyl (C=O) groups is 2.